The minimum Gasteiger partial charge on any atom is -0.358 e. The average molecular weight is 349 g/mol. The zero-order valence-electron chi connectivity index (χ0n) is 14.6. The Balaban J connectivity index is 1.76. The monoisotopic (exact) mass is 349 g/mol. The van der Waals surface area contributed by atoms with E-state index in [-0.39, 0.29) is 17.2 Å². The Labute approximate surface area is 150 Å². The van der Waals surface area contributed by atoms with Gasteiger partial charge in [-0.25, -0.2) is 0 Å². The predicted molar refractivity (Wildman–Crippen MR) is 101 cm³/mol. The van der Waals surface area contributed by atoms with Crippen LogP contribution < -0.4 is 16.1 Å². The molecule has 0 aliphatic carbocycles. The van der Waals surface area contributed by atoms with E-state index < -0.39 is 0 Å². The van der Waals surface area contributed by atoms with Gasteiger partial charge in [-0.3, -0.25) is 14.4 Å². The number of anilines is 1. The number of fused-ring (bicyclic) bond motifs is 1. The zero-order chi connectivity index (χ0) is 18.7. The van der Waals surface area contributed by atoms with Crippen molar-refractivity contribution in [2.75, 3.05) is 5.32 Å². The molecule has 0 saturated heterocycles. The van der Waals surface area contributed by atoms with Crippen molar-refractivity contribution in [2.45, 2.75) is 20.4 Å². The summed E-state index contributed by atoms with van der Waals surface area (Å²) in [4.78, 5) is 38.5. The van der Waals surface area contributed by atoms with Crippen molar-refractivity contribution < 1.29 is 9.59 Å². The number of rotatable bonds is 4. The van der Waals surface area contributed by atoms with Crippen LogP contribution in [0.2, 0.25) is 0 Å². The molecule has 1 aromatic heterocycles. The van der Waals surface area contributed by atoms with Gasteiger partial charge in [0.1, 0.15) is 0 Å². The van der Waals surface area contributed by atoms with Crippen molar-refractivity contribution in [3.63, 3.8) is 0 Å². The third-order valence-electron chi connectivity index (χ3n) is 3.98. The fourth-order valence-corrected chi connectivity index (χ4v) is 2.66. The topological polar surface area (TPSA) is 91.1 Å². The van der Waals surface area contributed by atoms with Crippen LogP contribution in [0.25, 0.3) is 10.9 Å². The van der Waals surface area contributed by atoms with Crippen LogP contribution in [0.3, 0.4) is 0 Å². The molecule has 3 rings (SSSR count). The van der Waals surface area contributed by atoms with E-state index in [4.69, 9.17) is 0 Å². The second-order valence-corrected chi connectivity index (χ2v) is 6.14. The van der Waals surface area contributed by atoms with Gasteiger partial charge < -0.3 is 15.6 Å². The largest absolute Gasteiger partial charge is 0.358 e. The molecule has 0 bridgehead atoms. The lowest BCUT2D eigenvalue weighted by Gasteiger charge is -2.08. The van der Waals surface area contributed by atoms with Crippen LogP contribution in [0, 0.1) is 6.92 Å². The number of aryl methyl sites for hydroxylation is 1. The average Bonchev–Trinajstić information content (AvgIpc) is 2.61. The molecule has 0 radical (unpaired) electrons. The molecule has 0 spiro atoms. The van der Waals surface area contributed by atoms with Crippen molar-refractivity contribution in [2.24, 2.45) is 0 Å². The molecule has 0 saturated carbocycles. The highest BCUT2D eigenvalue weighted by molar-refractivity contribution is 6.05. The maximum Gasteiger partial charge on any atom is 0.255 e. The summed E-state index contributed by atoms with van der Waals surface area (Å²) in [7, 11) is 0. The van der Waals surface area contributed by atoms with E-state index in [1.165, 1.54) is 13.0 Å². The van der Waals surface area contributed by atoms with Crippen LogP contribution in [0.15, 0.2) is 53.3 Å². The summed E-state index contributed by atoms with van der Waals surface area (Å²) in [5.41, 5.74) is 3.39. The van der Waals surface area contributed by atoms with Gasteiger partial charge in [0.05, 0.1) is 0 Å². The van der Waals surface area contributed by atoms with Crippen molar-refractivity contribution in [3.8, 4) is 0 Å². The number of hydrogen-bond acceptors (Lipinski definition) is 3. The number of hydrogen-bond donors (Lipinski definition) is 3. The first-order valence-corrected chi connectivity index (χ1v) is 8.21. The second-order valence-electron chi connectivity index (χ2n) is 6.14. The van der Waals surface area contributed by atoms with Gasteiger partial charge >= 0.3 is 0 Å². The van der Waals surface area contributed by atoms with E-state index in [0.717, 1.165) is 16.8 Å². The number of amides is 2. The third-order valence-corrected chi connectivity index (χ3v) is 3.98. The van der Waals surface area contributed by atoms with Gasteiger partial charge in [0.15, 0.2) is 5.43 Å². The standard InChI is InChI=1S/C20H19N3O3/c1-12-9-19(25)17-10-16(7-8-18(17)22-12)23-20(26)15-5-3-14(4-6-15)11-21-13(2)24/h3-10H,11H2,1-2H3,(H,21,24)(H,22,25)(H,23,26). The lowest BCUT2D eigenvalue weighted by atomic mass is 10.1. The van der Waals surface area contributed by atoms with E-state index in [1.807, 2.05) is 6.92 Å². The first kappa shape index (κ1) is 17.4. The first-order chi connectivity index (χ1) is 12.4. The molecular weight excluding hydrogens is 330 g/mol. The number of H-pyrrole nitrogens is 1. The summed E-state index contributed by atoms with van der Waals surface area (Å²) in [5, 5.41) is 6.03. The van der Waals surface area contributed by atoms with Crippen LogP contribution in [0.1, 0.15) is 28.5 Å². The van der Waals surface area contributed by atoms with Crippen LogP contribution in [-0.2, 0) is 11.3 Å². The van der Waals surface area contributed by atoms with Crippen LogP contribution in [-0.4, -0.2) is 16.8 Å². The smallest absolute Gasteiger partial charge is 0.255 e. The van der Waals surface area contributed by atoms with Gasteiger partial charge in [0, 0.05) is 47.4 Å². The Hall–Kier alpha value is -3.41. The third kappa shape index (κ3) is 3.97. The lowest BCUT2D eigenvalue weighted by molar-refractivity contribution is -0.119. The highest BCUT2D eigenvalue weighted by Crippen LogP contribution is 2.16. The number of benzene rings is 2. The molecule has 6 heteroatoms. The molecule has 132 valence electrons. The van der Waals surface area contributed by atoms with Crippen molar-refractivity contribution in [3.05, 3.63) is 75.6 Å². The Morgan fingerprint density at radius 2 is 1.77 bits per heavy atom. The number of pyridine rings is 1. The minimum absolute atomic E-state index is 0.0883. The first-order valence-electron chi connectivity index (χ1n) is 8.21. The van der Waals surface area contributed by atoms with Gasteiger partial charge in [-0.1, -0.05) is 12.1 Å². The van der Waals surface area contributed by atoms with E-state index in [0.29, 0.717) is 23.2 Å². The molecule has 0 atom stereocenters. The summed E-state index contributed by atoms with van der Waals surface area (Å²) < 4.78 is 0. The molecule has 0 fully saturated rings. The summed E-state index contributed by atoms with van der Waals surface area (Å²) >= 11 is 0. The number of aromatic amines is 1. The number of nitrogens with one attached hydrogen (secondary N) is 3. The van der Waals surface area contributed by atoms with Gasteiger partial charge in [-0.15, -0.1) is 0 Å². The molecular formula is C20H19N3O3. The number of aromatic nitrogens is 1. The summed E-state index contributed by atoms with van der Waals surface area (Å²) in [6, 6.07) is 13.7. The molecule has 0 aliphatic heterocycles. The summed E-state index contributed by atoms with van der Waals surface area (Å²) in [6.45, 7) is 3.70. The Morgan fingerprint density at radius 3 is 2.46 bits per heavy atom. The van der Waals surface area contributed by atoms with Crippen molar-refractivity contribution in [1.82, 2.24) is 10.3 Å². The van der Waals surface area contributed by atoms with E-state index in [1.54, 1.807) is 42.5 Å². The van der Waals surface area contributed by atoms with Gasteiger partial charge in [-0.2, -0.15) is 0 Å². The highest BCUT2D eigenvalue weighted by Gasteiger charge is 2.08. The van der Waals surface area contributed by atoms with E-state index >= 15 is 0 Å². The van der Waals surface area contributed by atoms with Crippen molar-refractivity contribution in [1.29, 1.82) is 0 Å². The molecule has 1 heterocycles. The van der Waals surface area contributed by atoms with Crippen LogP contribution >= 0.6 is 0 Å². The fourth-order valence-electron chi connectivity index (χ4n) is 2.66. The molecule has 6 nitrogen and oxygen atoms in total. The fraction of sp³-hybridized carbons (Fsp3) is 0.150. The normalized spacial score (nSPS) is 10.5. The Morgan fingerprint density at radius 1 is 1.04 bits per heavy atom. The van der Waals surface area contributed by atoms with Gasteiger partial charge in [-0.05, 0) is 42.8 Å². The Bertz CT molecular complexity index is 1040. The second kappa shape index (κ2) is 7.23. The van der Waals surface area contributed by atoms with Crippen LogP contribution in [0.4, 0.5) is 5.69 Å². The number of carbonyl (C=O) groups excluding carboxylic acids is 2. The van der Waals surface area contributed by atoms with Gasteiger partial charge in [0.2, 0.25) is 5.91 Å². The molecule has 2 amide bonds. The van der Waals surface area contributed by atoms with E-state index in [2.05, 4.69) is 15.6 Å². The quantitative estimate of drug-likeness (QED) is 0.676. The van der Waals surface area contributed by atoms with E-state index in [9.17, 15) is 14.4 Å². The van der Waals surface area contributed by atoms with Crippen LogP contribution in [0.5, 0.6) is 0 Å². The maximum atomic E-state index is 12.4. The molecule has 2 aromatic carbocycles. The summed E-state index contributed by atoms with van der Waals surface area (Å²) in [6.07, 6.45) is 0. The van der Waals surface area contributed by atoms with Crippen molar-refractivity contribution >= 4 is 28.4 Å². The predicted octanol–water partition coefficient (Wildman–Crippen LogP) is 2.72. The summed E-state index contributed by atoms with van der Waals surface area (Å²) in [5.74, 6) is -0.368. The minimum atomic E-state index is -0.265. The Kier molecular flexibility index (Phi) is 4.84. The number of carbonyl (C=O) groups is 2. The molecule has 0 aliphatic rings. The molecule has 0 unspecified atom stereocenters. The molecule has 3 aromatic rings. The maximum absolute atomic E-state index is 12.4. The molecule has 26 heavy (non-hydrogen) atoms. The zero-order valence-corrected chi connectivity index (χ0v) is 14.6. The lowest BCUT2D eigenvalue weighted by Crippen LogP contribution is -2.19. The van der Waals surface area contributed by atoms with Gasteiger partial charge in [0.25, 0.3) is 5.91 Å². The molecule has 3 N–H and O–H groups in total. The highest BCUT2D eigenvalue weighted by atomic mass is 16.2. The SMILES string of the molecule is CC(=O)NCc1ccc(C(=O)Nc2ccc3[nH]c(C)cc(=O)c3c2)cc1.